The summed E-state index contributed by atoms with van der Waals surface area (Å²) in [5, 5.41) is 3.77. The summed E-state index contributed by atoms with van der Waals surface area (Å²) < 4.78 is 0. The molecule has 1 nitrogen and oxygen atoms in total. The Morgan fingerprint density at radius 1 is 1.11 bits per heavy atom. The molecule has 1 saturated carbocycles. The molecule has 0 saturated heterocycles. The summed E-state index contributed by atoms with van der Waals surface area (Å²) in [5.41, 5.74) is 4.58. The van der Waals surface area contributed by atoms with E-state index in [2.05, 4.69) is 51.2 Å². The van der Waals surface area contributed by atoms with Gasteiger partial charge in [-0.05, 0) is 62.1 Å². The van der Waals surface area contributed by atoms with Crippen LogP contribution in [0, 0.1) is 19.3 Å². The maximum absolute atomic E-state index is 3.77. The first-order valence-corrected chi connectivity index (χ1v) is 7.30. The van der Waals surface area contributed by atoms with Crippen molar-refractivity contribution in [3.05, 3.63) is 29.3 Å². The van der Waals surface area contributed by atoms with E-state index in [1.54, 1.807) is 0 Å². The first-order valence-electron chi connectivity index (χ1n) is 7.30. The maximum atomic E-state index is 3.77. The molecule has 1 aliphatic rings. The number of rotatable bonds is 2. The van der Waals surface area contributed by atoms with Crippen LogP contribution in [0.15, 0.2) is 18.2 Å². The molecular weight excluding hydrogens is 218 g/mol. The minimum absolute atomic E-state index is 0.540. The zero-order valence-corrected chi connectivity index (χ0v) is 12.3. The zero-order chi connectivity index (χ0) is 13.2. The third-order valence-corrected chi connectivity index (χ3v) is 4.33. The monoisotopic (exact) mass is 245 g/mol. The molecular formula is C17H27N. The van der Waals surface area contributed by atoms with Gasteiger partial charge in [-0.25, -0.2) is 0 Å². The predicted octanol–water partition coefficient (Wildman–Crippen LogP) is 5.07. The molecule has 1 fully saturated rings. The second-order valence-electron chi connectivity index (χ2n) is 6.75. The second-order valence-corrected chi connectivity index (χ2v) is 6.75. The summed E-state index contributed by atoms with van der Waals surface area (Å²) in [6.45, 7) is 9.18. The van der Waals surface area contributed by atoms with E-state index in [4.69, 9.17) is 0 Å². The molecule has 1 unspecified atom stereocenters. The molecule has 100 valence electrons. The van der Waals surface area contributed by atoms with E-state index in [1.165, 1.54) is 48.9 Å². The van der Waals surface area contributed by atoms with Gasteiger partial charge in [0.05, 0.1) is 0 Å². The molecule has 0 aromatic heterocycles. The first-order chi connectivity index (χ1) is 8.46. The van der Waals surface area contributed by atoms with Crippen molar-refractivity contribution in [3.8, 4) is 0 Å². The zero-order valence-electron chi connectivity index (χ0n) is 12.3. The third kappa shape index (κ3) is 3.51. The van der Waals surface area contributed by atoms with Gasteiger partial charge in [0.1, 0.15) is 0 Å². The Labute approximate surface area is 112 Å². The van der Waals surface area contributed by atoms with Crippen molar-refractivity contribution in [1.82, 2.24) is 0 Å². The fraction of sp³-hybridized carbons (Fsp3) is 0.647. The van der Waals surface area contributed by atoms with Gasteiger partial charge in [0.15, 0.2) is 0 Å². The summed E-state index contributed by atoms with van der Waals surface area (Å²) in [4.78, 5) is 0. The van der Waals surface area contributed by atoms with E-state index in [-0.39, 0.29) is 0 Å². The van der Waals surface area contributed by atoms with Crippen LogP contribution in [0.3, 0.4) is 0 Å². The van der Waals surface area contributed by atoms with E-state index in [9.17, 15) is 0 Å². The molecule has 0 spiro atoms. The lowest BCUT2D eigenvalue weighted by molar-refractivity contribution is 0.313. The van der Waals surface area contributed by atoms with Crippen LogP contribution in [-0.2, 0) is 0 Å². The molecule has 1 N–H and O–H groups in total. The van der Waals surface area contributed by atoms with Crippen molar-refractivity contribution in [1.29, 1.82) is 0 Å². The predicted molar refractivity (Wildman–Crippen MR) is 80.2 cm³/mol. The Hall–Kier alpha value is -0.980. The lowest BCUT2D eigenvalue weighted by atomic mass is 9.85. The van der Waals surface area contributed by atoms with Crippen molar-refractivity contribution < 1.29 is 0 Å². The quantitative estimate of drug-likeness (QED) is 0.717. The minimum atomic E-state index is 0.540. The molecule has 1 atom stereocenters. The number of aryl methyl sites for hydroxylation is 2. The van der Waals surface area contributed by atoms with Gasteiger partial charge in [-0.1, -0.05) is 32.4 Å². The van der Waals surface area contributed by atoms with Crippen molar-refractivity contribution in [2.45, 2.75) is 65.8 Å². The average molecular weight is 245 g/mol. The molecule has 2 rings (SSSR count). The fourth-order valence-electron chi connectivity index (χ4n) is 2.92. The summed E-state index contributed by atoms with van der Waals surface area (Å²) in [7, 11) is 0. The lowest BCUT2D eigenvalue weighted by Crippen LogP contribution is -2.19. The van der Waals surface area contributed by atoms with Crippen LogP contribution in [0.1, 0.15) is 57.1 Å². The van der Waals surface area contributed by atoms with E-state index in [0.29, 0.717) is 11.5 Å². The molecule has 0 heterocycles. The Balaban J connectivity index is 2.03. The van der Waals surface area contributed by atoms with Gasteiger partial charge in [-0.15, -0.1) is 0 Å². The molecule has 1 aromatic rings. The van der Waals surface area contributed by atoms with Gasteiger partial charge in [0.2, 0.25) is 0 Å². The van der Waals surface area contributed by atoms with Crippen LogP contribution in [-0.4, -0.2) is 6.04 Å². The Kier molecular flexibility index (Phi) is 3.99. The maximum Gasteiger partial charge on any atom is 0.0374 e. The first kappa shape index (κ1) is 13.5. The largest absolute Gasteiger partial charge is 0.382 e. The van der Waals surface area contributed by atoms with E-state index >= 15 is 0 Å². The molecule has 0 aliphatic heterocycles. The van der Waals surface area contributed by atoms with Crippen LogP contribution in [0.4, 0.5) is 5.69 Å². The molecule has 18 heavy (non-hydrogen) atoms. The number of hydrogen-bond donors (Lipinski definition) is 1. The molecule has 0 bridgehead atoms. The van der Waals surface area contributed by atoms with Crippen molar-refractivity contribution in [2.75, 3.05) is 5.32 Å². The van der Waals surface area contributed by atoms with E-state index < -0.39 is 0 Å². The van der Waals surface area contributed by atoms with Crippen LogP contribution in [0.2, 0.25) is 0 Å². The number of nitrogens with one attached hydrogen (secondary N) is 1. The number of hydrogen-bond acceptors (Lipinski definition) is 1. The normalized spacial score (nSPS) is 23.4. The lowest BCUT2D eigenvalue weighted by Gasteiger charge is -2.23. The highest BCUT2D eigenvalue weighted by Crippen LogP contribution is 2.35. The van der Waals surface area contributed by atoms with Crippen molar-refractivity contribution >= 4 is 5.69 Å². The van der Waals surface area contributed by atoms with E-state index in [1.807, 2.05) is 0 Å². The van der Waals surface area contributed by atoms with E-state index in [0.717, 1.165) is 0 Å². The van der Waals surface area contributed by atoms with Gasteiger partial charge >= 0.3 is 0 Å². The second kappa shape index (κ2) is 5.34. The molecule has 1 aliphatic carbocycles. The fourth-order valence-corrected chi connectivity index (χ4v) is 2.92. The van der Waals surface area contributed by atoms with Gasteiger partial charge in [0, 0.05) is 11.7 Å². The molecule has 0 amide bonds. The summed E-state index contributed by atoms with van der Waals surface area (Å²) in [6, 6.07) is 7.35. The van der Waals surface area contributed by atoms with Gasteiger partial charge in [-0.2, -0.15) is 0 Å². The highest BCUT2D eigenvalue weighted by Gasteiger charge is 2.24. The minimum Gasteiger partial charge on any atom is -0.382 e. The van der Waals surface area contributed by atoms with Gasteiger partial charge in [-0.3, -0.25) is 0 Å². The van der Waals surface area contributed by atoms with Crippen LogP contribution >= 0.6 is 0 Å². The highest BCUT2D eigenvalue weighted by molar-refractivity contribution is 5.53. The standard InChI is InChI=1S/C17H27N/c1-13-7-8-14(2)16(12-13)18-15-6-5-10-17(3,4)11-9-15/h7-8,12,15,18H,5-6,9-11H2,1-4H3. The summed E-state index contributed by atoms with van der Waals surface area (Å²) in [6.07, 6.45) is 6.69. The van der Waals surface area contributed by atoms with Crippen LogP contribution in [0.5, 0.6) is 0 Å². The number of anilines is 1. The number of benzene rings is 1. The van der Waals surface area contributed by atoms with Crippen molar-refractivity contribution in [2.24, 2.45) is 5.41 Å². The summed E-state index contributed by atoms with van der Waals surface area (Å²) in [5.74, 6) is 0. The van der Waals surface area contributed by atoms with Crippen LogP contribution in [0.25, 0.3) is 0 Å². The summed E-state index contributed by atoms with van der Waals surface area (Å²) >= 11 is 0. The third-order valence-electron chi connectivity index (χ3n) is 4.33. The molecule has 1 heteroatoms. The van der Waals surface area contributed by atoms with Gasteiger partial charge < -0.3 is 5.32 Å². The highest BCUT2D eigenvalue weighted by atomic mass is 14.9. The average Bonchev–Trinajstić information content (AvgIpc) is 2.46. The smallest absolute Gasteiger partial charge is 0.0374 e. The topological polar surface area (TPSA) is 12.0 Å². The van der Waals surface area contributed by atoms with Gasteiger partial charge in [0.25, 0.3) is 0 Å². The Bertz CT molecular complexity index is 406. The SMILES string of the molecule is Cc1ccc(C)c(NC2CCCC(C)(C)CC2)c1. The molecule has 0 radical (unpaired) electrons. The Morgan fingerprint density at radius 3 is 2.67 bits per heavy atom. The Morgan fingerprint density at radius 2 is 1.89 bits per heavy atom. The van der Waals surface area contributed by atoms with Crippen molar-refractivity contribution in [3.63, 3.8) is 0 Å². The van der Waals surface area contributed by atoms with Crippen LogP contribution < -0.4 is 5.32 Å². The molecule has 1 aromatic carbocycles.